The van der Waals surface area contributed by atoms with E-state index in [1.54, 1.807) is 13.1 Å². The van der Waals surface area contributed by atoms with Gasteiger partial charge in [0, 0.05) is 18.9 Å². The van der Waals surface area contributed by atoms with Crippen LogP contribution in [0.15, 0.2) is 12.3 Å². The number of anilines is 1. The van der Waals surface area contributed by atoms with Crippen molar-refractivity contribution in [3.63, 3.8) is 0 Å². The molecule has 1 fully saturated rings. The smallest absolute Gasteiger partial charge is 0.311 e. The van der Waals surface area contributed by atoms with E-state index >= 15 is 0 Å². The van der Waals surface area contributed by atoms with E-state index in [4.69, 9.17) is 4.74 Å². The summed E-state index contributed by atoms with van der Waals surface area (Å²) in [5, 5.41) is 14.1. The number of aromatic nitrogens is 1. The molecule has 92 valence electrons. The van der Waals surface area contributed by atoms with E-state index in [2.05, 4.69) is 10.3 Å². The Morgan fingerprint density at radius 3 is 3.00 bits per heavy atom. The van der Waals surface area contributed by atoms with E-state index in [-0.39, 0.29) is 11.2 Å². The Balaban J connectivity index is 2.28. The zero-order valence-corrected chi connectivity index (χ0v) is 9.90. The lowest BCUT2D eigenvalue weighted by molar-refractivity contribution is -0.384. The first-order valence-corrected chi connectivity index (χ1v) is 5.47. The highest BCUT2D eigenvalue weighted by Crippen LogP contribution is 2.28. The van der Waals surface area contributed by atoms with Crippen molar-refractivity contribution < 1.29 is 9.66 Å². The largest absolute Gasteiger partial charge is 0.379 e. The number of pyridine rings is 1. The first-order valence-electron chi connectivity index (χ1n) is 5.47. The van der Waals surface area contributed by atoms with Gasteiger partial charge in [0.25, 0.3) is 0 Å². The van der Waals surface area contributed by atoms with Gasteiger partial charge in [0.1, 0.15) is 0 Å². The molecule has 6 heteroatoms. The van der Waals surface area contributed by atoms with Crippen molar-refractivity contribution in [3.8, 4) is 0 Å². The molecular weight excluding hydrogens is 222 g/mol. The molecule has 1 aromatic rings. The molecule has 0 aliphatic carbocycles. The number of hydrogen-bond donors (Lipinski definition) is 1. The van der Waals surface area contributed by atoms with Crippen molar-refractivity contribution in [2.75, 3.05) is 18.5 Å². The van der Waals surface area contributed by atoms with Gasteiger partial charge < -0.3 is 10.1 Å². The normalized spacial score (nSPS) is 23.6. The molecule has 1 saturated heterocycles. The number of nitro groups is 1. The molecule has 1 aliphatic heterocycles. The number of hydrogen-bond acceptors (Lipinski definition) is 5. The van der Waals surface area contributed by atoms with E-state index in [9.17, 15) is 10.1 Å². The molecule has 0 amide bonds. The summed E-state index contributed by atoms with van der Waals surface area (Å²) in [6.45, 7) is 4.97. The minimum atomic E-state index is -0.415. The molecule has 1 unspecified atom stereocenters. The highest BCUT2D eigenvalue weighted by Gasteiger charge is 2.32. The van der Waals surface area contributed by atoms with Gasteiger partial charge in [0.05, 0.1) is 17.1 Å². The third-order valence-corrected chi connectivity index (χ3v) is 2.84. The highest BCUT2D eigenvalue weighted by atomic mass is 16.6. The molecule has 1 aromatic heterocycles. The van der Waals surface area contributed by atoms with E-state index < -0.39 is 4.92 Å². The lowest BCUT2D eigenvalue weighted by Crippen LogP contribution is -2.35. The Labute approximate surface area is 99.2 Å². The van der Waals surface area contributed by atoms with Crippen LogP contribution in [-0.4, -0.2) is 28.7 Å². The Hall–Kier alpha value is -1.69. The molecule has 1 N–H and O–H groups in total. The first-order chi connectivity index (χ1) is 8.00. The van der Waals surface area contributed by atoms with Gasteiger partial charge in [-0.05, 0) is 25.8 Å². The van der Waals surface area contributed by atoms with Crippen LogP contribution in [0.1, 0.15) is 18.9 Å². The van der Waals surface area contributed by atoms with Crippen LogP contribution in [0, 0.1) is 17.0 Å². The number of rotatable bonds is 3. The molecule has 17 heavy (non-hydrogen) atoms. The Morgan fingerprint density at radius 2 is 2.41 bits per heavy atom. The predicted molar refractivity (Wildman–Crippen MR) is 63.1 cm³/mol. The van der Waals surface area contributed by atoms with Crippen LogP contribution in [0.3, 0.4) is 0 Å². The molecule has 0 aromatic carbocycles. The average Bonchev–Trinajstić information content (AvgIpc) is 2.67. The summed E-state index contributed by atoms with van der Waals surface area (Å²) >= 11 is 0. The third-order valence-electron chi connectivity index (χ3n) is 2.84. The summed E-state index contributed by atoms with van der Waals surface area (Å²) in [7, 11) is 0. The van der Waals surface area contributed by atoms with Gasteiger partial charge in [-0.1, -0.05) is 0 Å². The van der Waals surface area contributed by atoms with Gasteiger partial charge >= 0.3 is 5.69 Å². The second-order valence-corrected chi connectivity index (χ2v) is 4.63. The van der Waals surface area contributed by atoms with Gasteiger partial charge in [-0.3, -0.25) is 10.1 Å². The molecule has 1 aliphatic rings. The zero-order chi connectivity index (χ0) is 12.5. The molecule has 0 spiro atoms. The van der Waals surface area contributed by atoms with E-state index in [0.717, 1.165) is 12.0 Å². The lowest BCUT2D eigenvalue weighted by Gasteiger charge is -2.23. The zero-order valence-electron chi connectivity index (χ0n) is 9.90. The van der Waals surface area contributed by atoms with Gasteiger partial charge in [-0.2, -0.15) is 0 Å². The van der Waals surface area contributed by atoms with Crippen molar-refractivity contribution in [2.45, 2.75) is 25.8 Å². The average molecular weight is 237 g/mol. The predicted octanol–water partition coefficient (Wildman–Crippen LogP) is 1.89. The molecule has 1 atom stereocenters. The summed E-state index contributed by atoms with van der Waals surface area (Å²) in [5.41, 5.74) is 0.515. The maximum absolute atomic E-state index is 10.9. The summed E-state index contributed by atoms with van der Waals surface area (Å²) in [6.07, 6.45) is 2.44. The second-order valence-electron chi connectivity index (χ2n) is 4.63. The molecular formula is C11H15N3O3. The van der Waals surface area contributed by atoms with Crippen LogP contribution < -0.4 is 5.32 Å². The minimum Gasteiger partial charge on any atom is -0.379 e. The van der Waals surface area contributed by atoms with Crippen LogP contribution in [0.5, 0.6) is 0 Å². The van der Waals surface area contributed by atoms with Crippen LogP contribution in [-0.2, 0) is 4.74 Å². The summed E-state index contributed by atoms with van der Waals surface area (Å²) in [4.78, 5) is 14.6. The maximum atomic E-state index is 10.9. The van der Waals surface area contributed by atoms with Crippen molar-refractivity contribution in [2.24, 2.45) is 0 Å². The van der Waals surface area contributed by atoms with Crippen LogP contribution in [0.25, 0.3) is 0 Å². The first kappa shape index (κ1) is 11.8. The molecule has 0 saturated carbocycles. The summed E-state index contributed by atoms with van der Waals surface area (Å²) < 4.78 is 5.30. The lowest BCUT2D eigenvalue weighted by atomic mass is 10.0. The van der Waals surface area contributed by atoms with Crippen LogP contribution in [0.4, 0.5) is 11.5 Å². The minimum absolute atomic E-state index is 0.0122. The fourth-order valence-electron chi connectivity index (χ4n) is 1.84. The van der Waals surface area contributed by atoms with Crippen molar-refractivity contribution in [3.05, 3.63) is 27.9 Å². The fourth-order valence-corrected chi connectivity index (χ4v) is 1.84. The van der Waals surface area contributed by atoms with Gasteiger partial charge in [-0.25, -0.2) is 4.98 Å². The van der Waals surface area contributed by atoms with E-state index in [1.807, 2.05) is 6.92 Å². The van der Waals surface area contributed by atoms with E-state index in [0.29, 0.717) is 19.0 Å². The van der Waals surface area contributed by atoms with Gasteiger partial charge in [0.15, 0.2) is 0 Å². The monoisotopic (exact) mass is 237 g/mol. The third kappa shape index (κ3) is 2.52. The number of aryl methyl sites for hydroxylation is 1. The topological polar surface area (TPSA) is 77.3 Å². The quantitative estimate of drug-likeness (QED) is 0.641. The molecule has 2 rings (SSSR count). The second kappa shape index (κ2) is 4.29. The van der Waals surface area contributed by atoms with Crippen molar-refractivity contribution in [1.29, 1.82) is 0 Å². The molecule has 0 bridgehead atoms. The van der Waals surface area contributed by atoms with E-state index in [1.165, 1.54) is 6.07 Å². The number of ether oxygens (including phenoxy) is 1. The van der Waals surface area contributed by atoms with Gasteiger partial charge in [0.2, 0.25) is 5.82 Å². The van der Waals surface area contributed by atoms with Gasteiger partial charge in [-0.15, -0.1) is 0 Å². The Kier molecular flexibility index (Phi) is 2.97. The molecule has 0 radical (unpaired) electrons. The molecule has 2 heterocycles. The fraction of sp³-hybridized carbons (Fsp3) is 0.545. The van der Waals surface area contributed by atoms with Crippen LogP contribution in [0.2, 0.25) is 0 Å². The standard InChI is InChI=1S/C11H15N3O3/c1-8-5-9(14(15)16)10(12-6-8)13-11(2)3-4-17-7-11/h5-6H,3-4,7H2,1-2H3,(H,12,13). The Morgan fingerprint density at radius 1 is 1.65 bits per heavy atom. The SMILES string of the molecule is Cc1cnc(NC2(C)CCOC2)c([N+](=O)[O-])c1. The summed E-state index contributed by atoms with van der Waals surface area (Å²) in [5.74, 6) is 0.314. The van der Waals surface area contributed by atoms with Crippen LogP contribution >= 0.6 is 0 Å². The number of nitrogens with one attached hydrogen (secondary N) is 1. The maximum Gasteiger partial charge on any atom is 0.311 e. The highest BCUT2D eigenvalue weighted by molar-refractivity contribution is 5.58. The number of nitrogens with zero attached hydrogens (tertiary/aromatic N) is 2. The van der Waals surface area contributed by atoms with Crippen molar-refractivity contribution >= 4 is 11.5 Å². The summed E-state index contributed by atoms with van der Waals surface area (Å²) in [6, 6.07) is 1.52. The molecule has 6 nitrogen and oxygen atoms in total. The van der Waals surface area contributed by atoms with Crippen molar-refractivity contribution in [1.82, 2.24) is 4.98 Å². The Bertz CT molecular complexity index is 442.